The van der Waals surface area contributed by atoms with Gasteiger partial charge in [-0.1, -0.05) is 0 Å². The van der Waals surface area contributed by atoms with Crippen molar-refractivity contribution in [2.45, 2.75) is 20.2 Å². The van der Waals surface area contributed by atoms with E-state index in [9.17, 15) is 19.7 Å². The molecule has 0 N–H and O–H groups in total. The lowest BCUT2D eigenvalue weighted by atomic mass is 9.98. The van der Waals surface area contributed by atoms with E-state index in [0.29, 0.717) is 0 Å². The summed E-state index contributed by atoms with van der Waals surface area (Å²) in [7, 11) is 1.30. The molecule has 0 spiro atoms. The summed E-state index contributed by atoms with van der Waals surface area (Å²) in [5.41, 5.74) is -1.08. The Bertz CT molecular complexity index is 645. The van der Waals surface area contributed by atoms with Crippen molar-refractivity contribution < 1.29 is 31.5 Å². The summed E-state index contributed by atoms with van der Waals surface area (Å²) in [5, 5.41) is 11.2. The first-order valence-electron chi connectivity index (χ1n) is 7.86. The number of carbonyl (C=O) groups is 2. The summed E-state index contributed by atoms with van der Waals surface area (Å²) in [6.07, 6.45) is -2.75. The Morgan fingerprint density at radius 1 is 1.26 bits per heavy atom. The summed E-state index contributed by atoms with van der Waals surface area (Å²) in [5.74, 6) is -4.21. The number of nitro benzene ring substituents is 1. The van der Waals surface area contributed by atoms with Gasteiger partial charge in [0.15, 0.2) is 5.92 Å². The van der Waals surface area contributed by atoms with Crippen LogP contribution >= 0.6 is 0 Å². The standard InChI is InChI=1S/C15H19NO7/c1-4-22-14(17)12(15(18)23-5-2)9-10-8-11(21-3)6-7-13(10)16(19)20/h6-8,12H,4-5,9H2,1-3H3/i9D2. The molecule has 23 heavy (non-hydrogen) atoms. The number of carbonyl (C=O) groups excluding carboxylic acids is 2. The molecule has 0 aliphatic carbocycles. The smallest absolute Gasteiger partial charge is 0.320 e. The molecule has 0 aromatic heterocycles. The number of hydrogen-bond donors (Lipinski definition) is 0. The molecule has 0 unspecified atom stereocenters. The Labute approximate surface area is 136 Å². The average molecular weight is 327 g/mol. The zero-order valence-corrected chi connectivity index (χ0v) is 13.0. The van der Waals surface area contributed by atoms with Crippen molar-refractivity contribution in [2.75, 3.05) is 20.3 Å². The Kier molecular flexibility index (Phi) is 5.79. The van der Waals surface area contributed by atoms with Crippen LogP contribution in [0.1, 0.15) is 22.2 Å². The molecule has 0 fully saturated rings. The first kappa shape index (κ1) is 15.3. The highest BCUT2D eigenvalue weighted by Gasteiger charge is 2.32. The number of methoxy groups -OCH3 is 1. The molecule has 1 rings (SSSR count). The summed E-state index contributed by atoms with van der Waals surface area (Å²) < 4.78 is 31.0. The highest BCUT2D eigenvalue weighted by Crippen LogP contribution is 2.27. The minimum Gasteiger partial charge on any atom is -0.497 e. The van der Waals surface area contributed by atoms with Crippen LogP contribution in [0.3, 0.4) is 0 Å². The van der Waals surface area contributed by atoms with Gasteiger partial charge in [0.05, 0.1) is 25.2 Å². The van der Waals surface area contributed by atoms with E-state index in [1.165, 1.54) is 27.0 Å². The van der Waals surface area contributed by atoms with E-state index in [-0.39, 0.29) is 19.0 Å². The summed E-state index contributed by atoms with van der Waals surface area (Å²) >= 11 is 0. The van der Waals surface area contributed by atoms with E-state index >= 15 is 0 Å². The van der Waals surface area contributed by atoms with Crippen LogP contribution in [-0.2, 0) is 25.4 Å². The normalized spacial score (nSPS) is 12.2. The van der Waals surface area contributed by atoms with Gasteiger partial charge in [0.2, 0.25) is 0 Å². The van der Waals surface area contributed by atoms with Gasteiger partial charge in [0, 0.05) is 20.7 Å². The molecule has 8 nitrogen and oxygen atoms in total. The molecular formula is C15H19NO7. The van der Waals surface area contributed by atoms with E-state index < -0.39 is 40.4 Å². The summed E-state index contributed by atoms with van der Waals surface area (Å²) in [6, 6.07) is 3.39. The Morgan fingerprint density at radius 2 is 1.83 bits per heavy atom. The van der Waals surface area contributed by atoms with Crippen LogP contribution in [0.25, 0.3) is 0 Å². The van der Waals surface area contributed by atoms with E-state index in [2.05, 4.69) is 0 Å². The number of hydrogen-bond acceptors (Lipinski definition) is 7. The Morgan fingerprint density at radius 3 is 2.26 bits per heavy atom. The van der Waals surface area contributed by atoms with Gasteiger partial charge >= 0.3 is 11.9 Å². The molecule has 0 radical (unpaired) electrons. The Balaban J connectivity index is 3.54. The van der Waals surface area contributed by atoms with Crippen LogP contribution in [0, 0.1) is 16.0 Å². The highest BCUT2D eigenvalue weighted by atomic mass is 16.6. The van der Waals surface area contributed by atoms with Crippen molar-refractivity contribution in [1.29, 1.82) is 0 Å². The average Bonchev–Trinajstić information content (AvgIpc) is 2.54. The highest BCUT2D eigenvalue weighted by molar-refractivity contribution is 5.95. The van der Waals surface area contributed by atoms with Crippen molar-refractivity contribution >= 4 is 17.6 Å². The fraction of sp³-hybridized carbons (Fsp3) is 0.467. The number of ether oxygens (including phenoxy) is 3. The summed E-state index contributed by atoms with van der Waals surface area (Å²) in [6.45, 7) is 2.80. The van der Waals surface area contributed by atoms with Crippen LogP contribution in [0.2, 0.25) is 0 Å². The van der Waals surface area contributed by atoms with Gasteiger partial charge < -0.3 is 14.2 Å². The van der Waals surface area contributed by atoms with E-state index in [0.717, 1.165) is 12.1 Å². The van der Waals surface area contributed by atoms with Crippen LogP contribution in [0.15, 0.2) is 18.2 Å². The lowest BCUT2D eigenvalue weighted by Gasteiger charge is -2.15. The zero-order valence-electron chi connectivity index (χ0n) is 15.0. The van der Waals surface area contributed by atoms with E-state index in [1.807, 2.05) is 0 Å². The molecule has 1 aromatic rings. The van der Waals surface area contributed by atoms with Crippen LogP contribution < -0.4 is 4.74 Å². The third kappa shape index (κ3) is 4.94. The van der Waals surface area contributed by atoms with Gasteiger partial charge in [-0.05, 0) is 26.0 Å². The maximum absolute atomic E-state index is 12.2. The van der Waals surface area contributed by atoms with Crippen molar-refractivity contribution in [1.82, 2.24) is 0 Å². The predicted molar refractivity (Wildman–Crippen MR) is 80.1 cm³/mol. The topological polar surface area (TPSA) is 105 Å². The quantitative estimate of drug-likeness (QED) is 0.311. The van der Waals surface area contributed by atoms with Crippen LogP contribution in [-0.4, -0.2) is 37.2 Å². The van der Waals surface area contributed by atoms with Gasteiger partial charge in [-0.2, -0.15) is 0 Å². The molecule has 0 atom stereocenters. The molecule has 0 saturated heterocycles. The number of nitrogens with zero attached hydrogens (tertiary/aromatic N) is 1. The third-order valence-electron chi connectivity index (χ3n) is 2.74. The van der Waals surface area contributed by atoms with Crippen molar-refractivity contribution in [3.63, 3.8) is 0 Å². The lowest BCUT2D eigenvalue weighted by Crippen LogP contribution is -2.30. The molecule has 1 aromatic carbocycles. The number of rotatable bonds is 8. The molecule has 0 saturated carbocycles. The third-order valence-corrected chi connectivity index (χ3v) is 2.74. The fourth-order valence-electron chi connectivity index (χ4n) is 1.74. The lowest BCUT2D eigenvalue weighted by molar-refractivity contribution is -0.385. The molecule has 0 amide bonds. The van der Waals surface area contributed by atoms with Gasteiger partial charge in [-0.3, -0.25) is 19.7 Å². The minimum atomic E-state index is -2.75. The molecule has 0 bridgehead atoms. The first-order chi connectivity index (χ1) is 11.7. The van der Waals surface area contributed by atoms with Crippen LogP contribution in [0.5, 0.6) is 5.75 Å². The number of esters is 2. The Hall–Kier alpha value is -2.64. The van der Waals surface area contributed by atoms with E-state index in [4.69, 9.17) is 17.0 Å². The van der Waals surface area contributed by atoms with Crippen molar-refractivity contribution in [3.8, 4) is 5.75 Å². The van der Waals surface area contributed by atoms with Crippen molar-refractivity contribution in [3.05, 3.63) is 33.9 Å². The molecular weight excluding hydrogens is 306 g/mol. The second kappa shape index (κ2) is 8.72. The largest absolute Gasteiger partial charge is 0.497 e. The molecule has 0 aliphatic heterocycles. The zero-order chi connectivity index (χ0) is 19.2. The molecule has 126 valence electrons. The van der Waals surface area contributed by atoms with Gasteiger partial charge in [0.25, 0.3) is 5.69 Å². The van der Waals surface area contributed by atoms with E-state index in [1.54, 1.807) is 0 Å². The SMILES string of the molecule is [2H]C([2H])(c1cc(OC)ccc1[N+](=O)[O-])C(C(=O)OCC)C(=O)OCC. The van der Waals surface area contributed by atoms with Gasteiger partial charge in [0.1, 0.15) is 5.75 Å². The molecule has 0 aliphatic rings. The maximum Gasteiger partial charge on any atom is 0.320 e. The van der Waals surface area contributed by atoms with Gasteiger partial charge in [-0.15, -0.1) is 0 Å². The monoisotopic (exact) mass is 327 g/mol. The summed E-state index contributed by atoms with van der Waals surface area (Å²) in [4.78, 5) is 34.7. The number of nitro groups is 1. The second-order valence-corrected chi connectivity index (χ2v) is 4.22. The number of benzene rings is 1. The molecule has 0 heterocycles. The minimum absolute atomic E-state index is 0.0922. The predicted octanol–water partition coefficient (Wildman–Crippen LogP) is 1.89. The second-order valence-electron chi connectivity index (χ2n) is 4.22. The first-order valence-corrected chi connectivity index (χ1v) is 6.86. The van der Waals surface area contributed by atoms with Crippen molar-refractivity contribution in [2.24, 2.45) is 5.92 Å². The molecule has 8 heteroatoms. The maximum atomic E-state index is 12.2. The van der Waals surface area contributed by atoms with Crippen LogP contribution in [0.4, 0.5) is 5.69 Å². The van der Waals surface area contributed by atoms with Gasteiger partial charge in [-0.25, -0.2) is 0 Å². The fourth-order valence-corrected chi connectivity index (χ4v) is 1.74.